The first-order chi connectivity index (χ1) is 33.7. The Labute approximate surface area is 421 Å². The normalized spacial score (nSPS) is 17.2. The quantitative estimate of drug-likeness (QED) is 0.147. The molecule has 358 valence electrons. The van der Waals surface area contributed by atoms with Gasteiger partial charge in [-0.1, -0.05) is 197 Å². The van der Waals surface area contributed by atoms with Gasteiger partial charge in [-0.25, -0.2) is 0 Å². The molecule has 7 aromatic rings. The van der Waals surface area contributed by atoms with Crippen molar-refractivity contribution in [3.8, 4) is 44.5 Å². The lowest BCUT2D eigenvalue weighted by Crippen LogP contribution is -2.16. The largest absolute Gasteiger partial charge is 0.310 e. The van der Waals surface area contributed by atoms with E-state index in [0.29, 0.717) is 11.8 Å². The number of anilines is 3. The summed E-state index contributed by atoms with van der Waals surface area (Å²) in [6, 6.07) is 55.3. The van der Waals surface area contributed by atoms with Gasteiger partial charge in [0.2, 0.25) is 0 Å². The van der Waals surface area contributed by atoms with Gasteiger partial charge in [0, 0.05) is 22.5 Å². The van der Waals surface area contributed by atoms with Gasteiger partial charge in [0.25, 0.3) is 0 Å². The Balaban J connectivity index is 0.981. The molecular formula is C69H77N. The van der Waals surface area contributed by atoms with Crippen LogP contribution >= 0.6 is 0 Å². The van der Waals surface area contributed by atoms with Gasteiger partial charge in [-0.15, -0.1) is 0 Å². The molecule has 2 saturated carbocycles. The summed E-state index contributed by atoms with van der Waals surface area (Å²) in [6.07, 6.45) is 18.6. The lowest BCUT2D eigenvalue weighted by atomic mass is 9.77. The van der Waals surface area contributed by atoms with Crippen LogP contribution in [0.1, 0.15) is 189 Å². The van der Waals surface area contributed by atoms with Gasteiger partial charge < -0.3 is 4.90 Å². The minimum absolute atomic E-state index is 0.0551. The molecule has 70 heavy (non-hydrogen) atoms. The van der Waals surface area contributed by atoms with Crippen molar-refractivity contribution in [2.45, 2.75) is 173 Å². The van der Waals surface area contributed by atoms with Gasteiger partial charge in [0.05, 0.1) is 0 Å². The summed E-state index contributed by atoms with van der Waals surface area (Å²) in [5.41, 5.74) is 26.5. The fourth-order valence-corrected chi connectivity index (χ4v) is 13.1. The number of rotatable bonds is 8. The Bertz CT molecular complexity index is 2960. The summed E-state index contributed by atoms with van der Waals surface area (Å²) >= 11 is 0. The van der Waals surface area contributed by atoms with E-state index in [1.807, 2.05) is 0 Å². The lowest BCUT2D eigenvalue weighted by Gasteiger charge is -2.29. The molecule has 11 rings (SSSR count). The van der Waals surface area contributed by atoms with Crippen LogP contribution in [0.4, 0.5) is 17.1 Å². The second-order valence-corrected chi connectivity index (χ2v) is 24.5. The highest BCUT2D eigenvalue weighted by Crippen LogP contribution is 2.51. The van der Waals surface area contributed by atoms with Crippen molar-refractivity contribution in [3.05, 3.63) is 184 Å². The Morgan fingerprint density at radius 3 is 1.40 bits per heavy atom. The highest BCUT2D eigenvalue weighted by Gasteiger charge is 2.36. The highest BCUT2D eigenvalue weighted by molar-refractivity contribution is 5.87. The Hall–Kier alpha value is -5.66. The predicted octanol–water partition coefficient (Wildman–Crippen LogP) is 20.0. The fraction of sp³-hybridized carbons (Fsp3) is 0.391. The molecule has 0 saturated heterocycles. The Morgan fingerprint density at radius 2 is 0.857 bits per heavy atom. The summed E-state index contributed by atoms with van der Waals surface area (Å²) in [5, 5.41) is 0. The van der Waals surface area contributed by atoms with E-state index < -0.39 is 0 Å². The van der Waals surface area contributed by atoms with Gasteiger partial charge in [0.15, 0.2) is 0 Å². The number of hydrogen-bond donors (Lipinski definition) is 0. The molecule has 1 heteroatoms. The highest BCUT2D eigenvalue weighted by atomic mass is 15.1. The summed E-state index contributed by atoms with van der Waals surface area (Å²) in [6.45, 7) is 18.8. The van der Waals surface area contributed by atoms with E-state index in [2.05, 4.69) is 200 Å². The second kappa shape index (κ2) is 18.5. The molecule has 2 fully saturated rings. The molecule has 7 aromatic carbocycles. The van der Waals surface area contributed by atoms with Crippen LogP contribution in [0.2, 0.25) is 0 Å². The molecule has 0 spiro atoms. The van der Waals surface area contributed by atoms with E-state index in [1.165, 1.54) is 162 Å². The smallest absolute Gasteiger partial charge is 0.0465 e. The van der Waals surface area contributed by atoms with E-state index >= 15 is 0 Å². The van der Waals surface area contributed by atoms with Crippen LogP contribution < -0.4 is 4.90 Å². The van der Waals surface area contributed by atoms with E-state index in [-0.39, 0.29) is 16.2 Å². The number of hydrogen-bond acceptors (Lipinski definition) is 1. The molecule has 4 aliphatic carbocycles. The third kappa shape index (κ3) is 8.90. The third-order valence-corrected chi connectivity index (χ3v) is 17.4. The van der Waals surface area contributed by atoms with Crippen LogP contribution in [0.15, 0.2) is 140 Å². The van der Waals surface area contributed by atoms with Crippen molar-refractivity contribution < 1.29 is 0 Å². The van der Waals surface area contributed by atoms with Crippen LogP contribution in [0.3, 0.4) is 0 Å². The van der Waals surface area contributed by atoms with Crippen LogP contribution in [-0.4, -0.2) is 0 Å². The first-order valence-electron chi connectivity index (χ1n) is 27.4. The number of fused-ring (bicyclic) bond motifs is 4. The Kier molecular flexibility index (Phi) is 12.3. The SMILES string of the molecule is CC(C)(C)c1cc(-c2ccc(N(c3ccc(-c4ccc(-c5cc(C6CCCCC6)cc(C6CCCCC6)c5)c5c4CCCC5)cc3)c3ccc4c(c3)C(C)(C)c3ccccc3-4)cc2)cc(C(C)(C)C)c1. The molecule has 0 bridgehead atoms. The van der Waals surface area contributed by atoms with Crippen LogP contribution in [0, 0.1) is 0 Å². The molecule has 0 unspecified atom stereocenters. The maximum Gasteiger partial charge on any atom is 0.0465 e. The average Bonchev–Trinajstić information content (AvgIpc) is 3.61. The van der Waals surface area contributed by atoms with Gasteiger partial charge in [-0.2, -0.15) is 0 Å². The van der Waals surface area contributed by atoms with Crippen molar-refractivity contribution in [2.75, 3.05) is 4.90 Å². The first-order valence-corrected chi connectivity index (χ1v) is 27.4. The third-order valence-electron chi connectivity index (χ3n) is 17.4. The molecule has 1 nitrogen and oxygen atoms in total. The predicted molar refractivity (Wildman–Crippen MR) is 301 cm³/mol. The maximum atomic E-state index is 2.66. The first kappa shape index (κ1) is 46.7. The molecular weight excluding hydrogens is 843 g/mol. The molecule has 0 N–H and O–H groups in total. The van der Waals surface area contributed by atoms with E-state index in [9.17, 15) is 0 Å². The minimum Gasteiger partial charge on any atom is -0.310 e. The van der Waals surface area contributed by atoms with Crippen LogP contribution in [-0.2, 0) is 29.1 Å². The molecule has 0 aromatic heterocycles. The van der Waals surface area contributed by atoms with Crippen molar-refractivity contribution in [2.24, 2.45) is 0 Å². The summed E-state index contributed by atoms with van der Waals surface area (Å²) < 4.78 is 0. The van der Waals surface area contributed by atoms with Gasteiger partial charge in [0.1, 0.15) is 0 Å². The van der Waals surface area contributed by atoms with E-state index in [0.717, 1.165) is 12.1 Å². The lowest BCUT2D eigenvalue weighted by molar-refractivity contribution is 0.435. The Morgan fingerprint density at radius 1 is 0.386 bits per heavy atom. The van der Waals surface area contributed by atoms with Crippen LogP contribution in [0.5, 0.6) is 0 Å². The molecule has 0 amide bonds. The van der Waals surface area contributed by atoms with Crippen molar-refractivity contribution in [1.82, 2.24) is 0 Å². The van der Waals surface area contributed by atoms with Gasteiger partial charge in [-0.3, -0.25) is 0 Å². The second-order valence-electron chi connectivity index (χ2n) is 24.5. The fourth-order valence-electron chi connectivity index (χ4n) is 13.1. The topological polar surface area (TPSA) is 3.24 Å². The summed E-state index contributed by atoms with van der Waals surface area (Å²) in [5.74, 6) is 1.43. The number of benzene rings is 7. The van der Waals surface area contributed by atoms with Crippen LogP contribution in [0.25, 0.3) is 44.5 Å². The zero-order valence-electron chi connectivity index (χ0n) is 43.8. The monoisotopic (exact) mass is 920 g/mol. The molecule has 0 aliphatic heterocycles. The maximum absolute atomic E-state index is 2.66. The summed E-state index contributed by atoms with van der Waals surface area (Å²) in [4.78, 5) is 2.49. The van der Waals surface area contributed by atoms with Crippen molar-refractivity contribution in [3.63, 3.8) is 0 Å². The van der Waals surface area contributed by atoms with Crippen molar-refractivity contribution in [1.29, 1.82) is 0 Å². The minimum atomic E-state index is -0.0932. The summed E-state index contributed by atoms with van der Waals surface area (Å²) in [7, 11) is 0. The molecule has 0 heterocycles. The zero-order chi connectivity index (χ0) is 48.4. The van der Waals surface area contributed by atoms with Crippen molar-refractivity contribution >= 4 is 17.1 Å². The average molecular weight is 920 g/mol. The number of nitrogens with zero attached hydrogens (tertiary/aromatic N) is 1. The molecule has 4 aliphatic rings. The standard InChI is InChI=1S/C69H77N/c1-67(2,3)54-42-52(43-55(44-54)68(4,5)6)48-27-31-56(32-28-48)70(58-35-36-64-63-25-17-18-26-65(63)69(7,8)66(64)45-58)57-33-29-49(30-34-57)59-37-38-60(62-24-16-15-23-61(59)62)53-40-50(46-19-11-9-12-20-46)39-51(41-53)47-21-13-10-14-22-47/h17-18,25-47H,9-16,19-24H2,1-8H3. The zero-order valence-corrected chi connectivity index (χ0v) is 43.8. The molecule has 0 atom stereocenters. The van der Waals surface area contributed by atoms with Gasteiger partial charge in [-0.05, 0) is 199 Å². The van der Waals surface area contributed by atoms with E-state index in [4.69, 9.17) is 0 Å². The van der Waals surface area contributed by atoms with E-state index in [1.54, 1.807) is 22.3 Å². The van der Waals surface area contributed by atoms with Gasteiger partial charge >= 0.3 is 0 Å². The molecule has 0 radical (unpaired) electrons.